The van der Waals surface area contributed by atoms with E-state index in [9.17, 15) is 9.59 Å². The molecule has 3 heterocycles. The molecule has 0 bridgehead atoms. The van der Waals surface area contributed by atoms with Crippen LogP contribution in [0.5, 0.6) is 0 Å². The first-order valence-corrected chi connectivity index (χ1v) is 9.21. The molecular formula is C18H19N3O3S. The molecule has 6 nitrogen and oxygen atoms in total. The van der Waals surface area contributed by atoms with Gasteiger partial charge < -0.3 is 14.5 Å². The highest BCUT2D eigenvalue weighted by atomic mass is 32.1. The first-order valence-electron chi connectivity index (χ1n) is 8.27. The van der Waals surface area contributed by atoms with Gasteiger partial charge in [0.25, 0.3) is 11.8 Å². The van der Waals surface area contributed by atoms with Gasteiger partial charge in [-0.2, -0.15) is 0 Å². The minimum Gasteiger partial charge on any atom is -0.361 e. The van der Waals surface area contributed by atoms with Crippen LogP contribution in [0.2, 0.25) is 0 Å². The van der Waals surface area contributed by atoms with Crippen molar-refractivity contribution in [2.24, 2.45) is 0 Å². The molecule has 2 aromatic rings. The molecule has 2 fully saturated rings. The van der Waals surface area contributed by atoms with E-state index < -0.39 is 5.60 Å². The fourth-order valence-corrected chi connectivity index (χ4v) is 4.25. The van der Waals surface area contributed by atoms with Crippen molar-refractivity contribution in [3.8, 4) is 0 Å². The number of ether oxygens (including phenoxy) is 1. The van der Waals surface area contributed by atoms with E-state index in [-0.39, 0.29) is 24.5 Å². The predicted octanol–water partition coefficient (Wildman–Crippen LogP) is 2.18. The minimum atomic E-state index is -0.590. The number of piperidine rings is 1. The summed E-state index contributed by atoms with van der Waals surface area (Å²) in [7, 11) is 0. The molecule has 2 atom stereocenters. The third-order valence-corrected chi connectivity index (χ3v) is 5.55. The van der Waals surface area contributed by atoms with Gasteiger partial charge in [-0.3, -0.25) is 9.59 Å². The molecule has 2 saturated heterocycles. The number of thiazole rings is 1. The molecule has 4 rings (SSSR count). The van der Waals surface area contributed by atoms with Gasteiger partial charge in [-0.1, -0.05) is 18.2 Å². The van der Waals surface area contributed by atoms with Gasteiger partial charge in [0.2, 0.25) is 0 Å². The number of hydrogen-bond donors (Lipinski definition) is 0. The van der Waals surface area contributed by atoms with Gasteiger partial charge in [-0.25, -0.2) is 4.98 Å². The van der Waals surface area contributed by atoms with E-state index >= 15 is 0 Å². The lowest BCUT2D eigenvalue weighted by molar-refractivity contribution is -0.149. The highest BCUT2D eigenvalue weighted by molar-refractivity contribution is 7.07. The Bertz CT molecular complexity index is 780. The Labute approximate surface area is 150 Å². The Hall–Kier alpha value is -2.25. The van der Waals surface area contributed by atoms with Crippen LogP contribution in [0.25, 0.3) is 0 Å². The molecule has 2 aliphatic heterocycles. The van der Waals surface area contributed by atoms with Crippen molar-refractivity contribution < 1.29 is 14.3 Å². The number of fused-ring (bicyclic) bond motifs is 1. The highest BCUT2D eigenvalue weighted by Gasteiger charge is 2.50. The second-order valence-corrected chi connectivity index (χ2v) is 7.32. The number of amides is 2. The third-order valence-electron chi connectivity index (χ3n) is 4.96. The Balaban J connectivity index is 1.60. The quantitative estimate of drug-likeness (QED) is 0.826. The van der Waals surface area contributed by atoms with Crippen LogP contribution in [0.1, 0.15) is 23.8 Å². The van der Waals surface area contributed by atoms with E-state index in [1.54, 1.807) is 15.8 Å². The lowest BCUT2D eigenvalue weighted by Gasteiger charge is -2.52. The first kappa shape index (κ1) is 16.2. The fourth-order valence-electron chi connectivity index (χ4n) is 3.73. The number of carbonyl (C=O) groups excluding carboxylic acids is 2. The largest absolute Gasteiger partial charge is 0.361 e. The SMILES string of the molecule is C[C@@]12CN(C(=O)c3cscn3)CC[C@H]1N(c1ccccc1)C(=O)CO2. The predicted molar refractivity (Wildman–Crippen MR) is 94.7 cm³/mol. The van der Waals surface area contributed by atoms with Crippen LogP contribution in [-0.2, 0) is 9.53 Å². The van der Waals surface area contributed by atoms with Crippen molar-refractivity contribution in [1.29, 1.82) is 0 Å². The number of aromatic nitrogens is 1. The Kier molecular flexibility index (Phi) is 4.05. The Morgan fingerprint density at radius 2 is 2.16 bits per heavy atom. The fraction of sp³-hybridized carbons (Fsp3) is 0.389. The van der Waals surface area contributed by atoms with Gasteiger partial charge in [0.15, 0.2) is 0 Å². The minimum absolute atomic E-state index is 0.0284. The summed E-state index contributed by atoms with van der Waals surface area (Å²) in [6.45, 7) is 3.04. The number of carbonyl (C=O) groups is 2. The van der Waals surface area contributed by atoms with Gasteiger partial charge in [-0.05, 0) is 25.5 Å². The number of morpholine rings is 1. The molecule has 130 valence electrons. The third kappa shape index (κ3) is 2.83. The van der Waals surface area contributed by atoms with E-state index in [2.05, 4.69) is 4.98 Å². The van der Waals surface area contributed by atoms with Crippen LogP contribution in [-0.4, -0.2) is 53.0 Å². The molecule has 1 aromatic carbocycles. The van der Waals surface area contributed by atoms with Crippen molar-refractivity contribution in [1.82, 2.24) is 9.88 Å². The second-order valence-electron chi connectivity index (χ2n) is 6.61. The summed E-state index contributed by atoms with van der Waals surface area (Å²) in [6, 6.07) is 9.58. The van der Waals surface area contributed by atoms with E-state index in [1.165, 1.54) is 11.3 Å². The molecule has 1 aromatic heterocycles. The molecule has 2 amide bonds. The number of likely N-dealkylation sites (tertiary alicyclic amines) is 1. The summed E-state index contributed by atoms with van der Waals surface area (Å²) >= 11 is 1.41. The lowest BCUT2D eigenvalue weighted by Crippen LogP contribution is -2.68. The maximum atomic E-state index is 12.6. The van der Waals surface area contributed by atoms with Crippen molar-refractivity contribution in [3.63, 3.8) is 0 Å². The number of anilines is 1. The van der Waals surface area contributed by atoms with E-state index in [4.69, 9.17) is 4.74 Å². The molecule has 0 radical (unpaired) electrons. The van der Waals surface area contributed by atoms with Crippen LogP contribution in [0, 0.1) is 0 Å². The molecule has 0 spiro atoms. The van der Waals surface area contributed by atoms with Crippen LogP contribution in [0.4, 0.5) is 5.69 Å². The lowest BCUT2D eigenvalue weighted by atomic mass is 9.85. The van der Waals surface area contributed by atoms with Crippen LogP contribution in [0.3, 0.4) is 0 Å². The van der Waals surface area contributed by atoms with Crippen molar-refractivity contribution in [2.75, 3.05) is 24.6 Å². The van der Waals surface area contributed by atoms with E-state index in [0.29, 0.717) is 25.2 Å². The number of hydrogen-bond acceptors (Lipinski definition) is 5. The highest BCUT2D eigenvalue weighted by Crippen LogP contribution is 2.36. The van der Waals surface area contributed by atoms with Crippen molar-refractivity contribution in [2.45, 2.75) is 25.0 Å². The van der Waals surface area contributed by atoms with Gasteiger partial charge in [-0.15, -0.1) is 11.3 Å². The molecule has 0 aliphatic carbocycles. The molecular weight excluding hydrogens is 338 g/mol. The molecule has 0 saturated carbocycles. The van der Waals surface area contributed by atoms with Crippen LogP contribution >= 0.6 is 11.3 Å². The molecule has 0 N–H and O–H groups in total. The average Bonchev–Trinajstić information content (AvgIpc) is 3.16. The standard InChI is InChI=1S/C18H19N3O3S/c1-18-11-20(17(23)14-10-25-12-19-14)8-7-15(18)21(16(22)9-24-18)13-5-3-2-4-6-13/h2-6,10,12,15H,7-9,11H2,1H3/t15-,18-/m1/s1. The maximum Gasteiger partial charge on any atom is 0.273 e. The normalized spacial score (nSPS) is 26.4. The monoisotopic (exact) mass is 357 g/mol. The molecule has 25 heavy (non-hydrogen) atoms. The van der Waals surface area contributed by atoms with Crippen molar-refractivity contribution in [3.05, 3.63) is 46.9 Å². The maximum absolute atomic E-state index is 12.6. The molecule has 2 aliphatic rings. The van der Waals surface area contributed by atoms with Gasteiger partial charge >= 0.3 is 0 Å². The van der Waals surface area contributed by atoms with E-state index in [1.807, 2.05) is 42.2 Å². The number of rotatable bonds is 2. The molecule has 0 unspecified atom stereocenters. The molecule has 7 heteroatoms. The summed E-state index contributed by atoms with van der Waals surface area (Å²) < 4.78 is 5.93. The first-order chi connectivity index (χ1) is 12.1. The van der Waals surface area contributed by atoms with Crippen LogP contribution in [0.15, 0.2) is 41.2 Å². The smallest absolute Gasteiger partial charge is 0.273 e. The zero-order chi connectivity index (χ0) is 17.4. The van der Waals surface area contributed by atoms with E-state index in [0.717, 1.165) is 5.69 Å². The number of benzene rings is 1. The summed E-state index contributed by atoms with van der Waals surface area (Å²) in [4.78, 5) is 32.9. The van der Waals surface area contributed by atoms with Gasteiger partial charge in [0.05, 0.1) is 18.1 Å². The van der Waals surface area contributed by atoms with Crippen molar-refractivity contribution >= 4 is 28.8 Å². The summed E-state index contributed by atoms with van der Waals surface area (Å²) in [5, 5.41) is 1.76. The topological polar surface area (TPSA) is 62.7 Å². The van der Waals surface area contributed by atoms with Gasteiger partial charge in [0, 0.05) is 17.6 Å². The summed E-state index contributed by atoms with van der Waals surface area (Å²) in [5.41, 5.74) is 2.42. The second kappa shape index (κ2) is 6.24. The summed E-state index contributed by atoms with van der Waals surface area (Å²) in [6.07, 6.45) is 0.674. The zero-order valence-electron chi connectivity index (χ0n) is 13.9. The van der Waals surface area contributed by atoms with Crippen LogP contribution < -0.4 is 4.90 Å². The number of nitrogens with zero attached hydrogens (tertiary/aromatic N) is 3. The Morgan fingerprint density at radius 1 is 1.36 bits per heavy atom. The Morgan fingerprint density at radius 3 is 2.88 bits per heavy atom. The average molecular weight is 357 g/mol. The van der Waals surface area contributed by atoms with Gasteiger partial charge in [0.1, 0.15) is 17.9 Å². The zero-order valence-corrected chi connectivity index (χ0v) is 14.7. The number of para-hydroxylation sites is 1. The summed E-state index contributed by atoms with van der Waals surface area (Å²) in [5.74, 6) is -0.111.